The molecular formula is C23H21N3OS2. The van der Waals surface area contributed by atoms with Gasteiger partial charge in [-0.1, -0.05) is 49.0 Å². The normalized spacial score (nSPS) is 16.1. The van der Waals surface area contributed by atoms with Crippen LogP contribution in [-0.4, -0.2) is 21.6 Å². The first-order valence-electron chi connectivity index (χ1n) is 9.84. The number of nitrogens with zero attached hydrogens (tertiary/aromatic N) is 2. The van der Waals surface area contributed by atoms with E-state index in [1.54, 1.807) is 17.7 Å². The lowest BCUT2D eigenvalue weighted by Crippen LogP contribution is -2.14. The fourth-order valence-corrected chi connectivity index (χ4v) is 6.19. The van der Waals surface area contributed by atoms with Crippen molar-refractivity contribution >= 4 is 55.7 Å². The molecule has 4 nitrogen and oxygen atoms in total. The van der Waals surface area contributed by atoms with Crippen molar-refractivity contribution in [1.29, 1.82) is 0 Å². The Kier molecular flexibility index (Phi) is 4.97. The molecule has 1 atom stereocenters. The standard InChI is InChI=1S/C23H21N3OS2/c1-14-6-9-18-19(10-14)29-23-21(18)22(24-13-25-23)28-12-20(27)26-17-8-7-15-4-2-3-5-16(15)11-17/h2-5,7-8,11,13-14H,6,9-10,12H2,1H3,(H,26,27)/t14-/m0/s1. The SMILES string of the molecule is C[C@H]1CCc2c(sc3ncnc(SCC(=O)Nc4ccc5ccccc5c4)c23)C1. The van der Waals surface area contributed by atoms with E-state index in [2.05, 4.69) is 34.3 Å². The number of aryl methyl sites for hydroxylation is 1. The van der Waals surface area contributed by atoms with Crippen molar-refractivity contribution in [1.82, 2.24) is 9.97 Å². The highest BCUT2D eigenvalue weighted by Gasteiger charge is 2.23. The first kappa shape index (κ1) is 18.6. The number of rotatable bonds is 4. The maximum Gasteiger partial charge on any atom is 0.234 e. The monoisotopic (exact) mass is 419 g/mol. The molecule has 0 bridgehead atoms. The van der Waals surface area contributed by atoms with Crippen LogP contribution < -0.4 is 5.32 Å². The highest BCUT2D eigenvalue weighted by atomic mass is 32.2. The van der Waals surface area contributed by atoms with Crippen LogP contribution in [0.25, 0.3) is 21.0 Å². The van der Waals surface area contributed by atoms with Crippen molar-refractivity contribution in [3.05, 3.63) is 59.2 Å². The van der Waals surface area contributed by atoms with E-state index in [1.165, 1.54) is 39.4 Å². The van der Waals surface area contributed by atoms with Crippen LogP contribution in [0.4, 0.5) is 5.69 Å². The van der Waals surface area contributed by atoms with Crippen LogP contribution >= 0.6 is 23.1 Å². The average molecular weight is 420 g/mol. The molecule has 0 unspecified atom stereocenters. The minimum Gasteiger partial charge on any atom is -0.325 e. The molecule has 1 aliphatic rings. The predicted octanol–water partition coefficient (Wildman–Crippen LogP) is 5.70. The molecule has 0 saturated carbocycles. The van der Waals surface area contributed by atoms with Gasteiger partial charge in [0.05, 0.1) is 5.75 Å². The largest absolute Gasteiger partial charge is 0.325 e. The second kappa shape index (κ2) is 7.76. The number of thioether (sulfide) groups is 1. The molecule has 0 fully saturated rings. The van der Waals surface area contributed by atoms with Crippen LogP contribution in [0.2, 0.25) is 0 Å². The molecular weight excluding hydrogens is 398 g/mol. The first-order chi connectivity index (χ1) is 14.2. The Morgan fingerprint density at radius 3 is 2.97 bits per heavy atom. The minimum absolute atomic E-state index is 0.0187. The number of anilines is 1. The molecule has 2 heterocycles. The van der Waals surface area contributed by atoms with E-state index in [0.29, 0.717) is 5.75 Å². The Labute approximate surface area is 177 Å². The van der Waals surface area contributed by atoms with Crippen LogP contribution in [0, 0.1) is 5.92 Å². The first-order valence-corrected chi connectivity index (χ1v) is 11.6. The van der Waals surface area contributed by atoms with Crippen LogP contribution in [-0.2, 0) is 17.6 Å². The third-order valence-corrected chi connectivity index (χ3v) is 7.58. The van der Waals surface area contributed by atoms with Gasteiger partial charge in [0.1, 0.15) is 16.2 Å². The molecule has 0 radical (unpaired) electrons. The van der Waals surface area contributed by atoms with E-state index in [9.17, 15) is 4.79 Å². The molecule has 146 valence electrons. The number of carbonyl (C=O) groups is 1. The Bertz CT molecular complexity index is 1220. The smallest absolute Gasteiger partial charge is 0.234 e. The van der Waals surface area contributed by atoms with Gasteiger partial charge in [-0.05, 0) is 53.6 Å². The molecule has 0 spiro atoms. The summed E-state index contributed by atoms with van der Waals surface area (Å²) in [5, 5.41) is 7.40. The summed E-state index contributed by atoms with van der Waals surface area (Å²) in [4.78, 5) is 24.0. The Morgan fingerprint density at radius 1 is 1.21 bits per heavy atom. The van der Waals surface area contributed by atoms with E-state index < -0.39 is 0 Å². The van der Waals surface area contributed by atoms with Gasteiger partial charge >= 0.3 is 0 Å². The quantitative estimate of drug-likeness (QED) is 0.340. The zero-order chi connectivity index (χ0) is 19.8. The van der Waals surface area contributed by atoms with Gasteiger partial charge in [0.2, 0.25) is 5.91 Å². The highest BCUT2D eigenvalue weighted by molar-refractivity contribution is 8.00. The number of amides is 1. The molecule has 1 N–H and O–H groups in total. The number of nitrogens with one attached hydrogen (secondary N) is 1. The fraction of sp³-hybridized carbons (Fsp3) is 0.261. The maximum atomic E-state index is 12.6. The minimum atomic E-state index is -0.0187. The lowest BCUT2D eigenvalue weighted by molar-refractivity contribution is -0.113. The third kappa shape index (κ3) is 3.74. The molecule has 29 heavy (non-hydrogen) atoms. The number of fused-ring (bicyclic) bond motifs is 4. The van der Waals surface area contributed by atoms with E-state index in [0.717, 1.165) is 39.7 Å². The van der Waals surface area contributed by atoms with Gasteiger partial charge < -0.3 is 5.32 Å². The molecule has 6 heteroatoms. The number of benzene rings is 2. The molecule has 0 saturated heterocycles. The van der Waals surface area contributed by atoms with E-state index in [4.69, 9.17) is 0 Å². The summed E-state index contributed by atoms with van der Waals surface area (Å²) in [6.07, 6.45) is 5.04. The van der Waals surface area contributed by atoms with Crippen LogP contribution in [0.5, 0.6) is 0 Å². The van der Waals surface area contributed by atoms with Gasteiger partial charge in [-0.2, -0.15) is 0 Å². The second-order valence-corrected chi connectivity index (χ2v) is 9.66. The van der Waals surface area contributed by atoms with Crippen molar-refractivity contribution in [2.75, 3.05) is 11.1 Å². The van der Waals surface area contributed by atoms with E-state index >= 15 is 0 Å². The molecule has 5 rings (SSSR count). The molecule has 2 aromatic carbocycles. The van der Waals surface area contributed by atoms with E-state index in [1.807, 2.05) is 30.3 Å². The van der Waals surface area contributed by atoms with Gasteiger partial charge in [0.25, 0.3) is 0 Å². The van der Waals surface area contributed by atoms with Crippen LogP contribution in [0.15, 0.2) is 53.8 Å². The number of hydrogen-bond donors (Lipinski definition) is 1. The topological polar surface area (TPSA) is 54.9 Å². The summed E-state index contributed by atoms with van der Waals surface area (Å²) >= 11 is 3.29. The van der Waals surface area contributed by atoms with E-state index in [-0.39, 0.29) is 5.91 Å². The average Bonchev–Trinajstić information content (AvgIpc) is 3.10. The van der Waals surface area contributed by atoms with Crippen molar-refractivity contribution in [3.63, 3.8) is 0 Å². The summed E-state index contributed by atoms with van der Waals surface area (Å²) in [6.45, 7) is 2.31. The second-order valence-electron chi connectivity index (χ2n) is 7.61. The highest BCUT2D eigenvalue weighted by Crippen LogP contribution is 2.40. The Hall–Kier alpha value is -2.44. The van der Waals surface area contributed by atoms with Gasteiger partial charge in [-0.15, -0.1) is 11.3 Å². The number of thiophene rings is 1. The Balaban J connectivity index is 1.33. The van der Waals surface area contributed by atoms with Gasteiger partial charge in [0.15, 0.2) is 0 Å². The summed E-state index contributed by atoms with van der Waals surface area (Å²) in [5.74, 6) is 1.04. The summed E-state index contributed by atoms with van der Waals surface area (Å²) in [7, 11) is 0. The zero-order valence-electron chi connectivity index (χ0n) is 16.1. The number of aromatic nitrogens is 2. The fourth-order valence-electron chi connectivity index (χ4n) is 3.95. The van der Waals surface area contributed by atoms with Crippen LogP contribution in [0.3, 0.4) is 0 Å². The van der Waals surface area contributed by atoms with Crippen molar-refractivity contribution < 1.29 is 4.79 Å². The maximum absolute atomic E-state index is 12.6. The lowest BCUT2D eigenvalue weighted by Gasteiger charge is -2.18. The zero-order valence-corrected chi connectivity index (χ0v) is 17.8. The number of carbonyl (C=O) groups excluding carboxylic acids is 1. The summed E-state index contributed by atoms with van der Waals surface area (Å²) in [5.41, 5.74) is 2.23. The summed E-state index contributed by atoms with van der Waals surface area (Å²) in [6, 6.07) is 14.1. The molecule has 2 aromatic heterocycles. The van der Waals surface area contributed by atoms with Crippen molar-refractivity contribution in [2.45, 2.75) is 31.2 Å². The van der Waals surface area contributed by atoms with Crippen molar-refractivity contribution in [2.24, 2.45) is 5.92 Å². The molecule has 1 aliphatic carbocycles. The van der Waals surface area contributed by atoms with Gasteiger partial charge in [0, 0.05) is 16.0 Å². The summed E-state index contributed by atoms with van der Waals surface area (Å²) < 4.78 is 0. The lowest BCUT2D eigenvalue weighted by atomic mass is 9.89. The predicted molar refractivity (Wildman–Crippen MR) is 122 cm³/mol. The van der Waals surface area contributed by atoms with Gasteiger partial charge in [-0.3, -0.25) is 4.79 Å². The molecule has 1 amide bonds. The number of hydrogen-bond acceptors (Lipinski definition) is 5. The molecule has 4 aromatic rings. The van der Waals surface area contributed by atoms with Crippen LogP contribution in [0.1, 0.15) is 23.8 Å². The van der Waals surface area contributed by atoms with Gasteiger partial charge in [-0.25, -0.2) is 9.97 Å². The molecule has 0 aliphatic heterocycles. The van der Waals surface area contributed by atoms with Crippen molar-refractivity contribution in [3.8, 4) is 0 Å². The Morgan fingerprint density at radius 2 is 2.07 bits per heavy atom. The third-order valence-electron chi connectivity index (χ3n) is 5.43.